The number of benzene rings is 1. The number of carbonyl (C=O) groups excluding carboxylic acids is 2. The molecule has 35 heavy (non-hydrogen) atoms. The molecule has 0 aromatic heterocycles. The molecule has 1 aromatic rings. The van der Waals surface area contributed by atoms with Crippen LogP contribution in [0.3, 0.4) is 0 Å². The number of fused-ring (bicyclic) bond motifs is 1. The highest BCUT2D eigenvalue weighted by Gasteiger charge is 2.35. The number of nitrogens with one attached hydrogen (secondary N) is 2. The van der Waals surface area contributed by atoms with Crippen molar-refractivity contribution >= 4 is 46.6 Å². The minimum absolute atomic E-state index is 0.256. The summed E-state index contributed by atoms with van der Waals surface area (Å²) in [6.07, 6.45) is 3.83. The number of ether oxygens (including phenoxy) is 2. The first-order valence-electron chi connectivity index (χ1n) is 12.4. The molecule has 0 aliphatic carbocycles. The number of nitrogens with zero attached hydrogens (tertiary/aromatic N) is 2. The first kappa shape index (κ1) is 28.9. The number of imide groups is 1. The Hall–Kier alpha value is -2.30. The summed E-state index contributed by atoms with van der Waals surface area (Å²) >= 11 is 10.7. The van der Waals surface area contributed by atoms with Gasteiger partial charge in [0.05, 0.1) is 11.1 Å². The van der Waals surface area contributed by atoms with Crippen LogP contribution in [0.5, 0.6) is 0 Å². The highest BCUT2D eigenvalue weighted by Crippen LogP contribution is 2.22. The van der Waals surface area contributed by atoms with Crippen LogP contribution in [0, 0.1) is 0 Å². The van der Waals surface area contributed by atoms with Crippen molar-refractivity contribution in [3.05, 3.63) is 35.4 Å². The number of amides is 2. The average molecular weight is 523 g/mol. The molecule has 1 aliphatic rings. The lowest BCUT2D eigenvalue weighted by Crippen LogP contribution is -2.48. The van der Waals surface area contributed by atoms with Crippen LogP contribution in [0.15, 0.2) is 24.3 Å². The van der Waals surface area contributed by atoms with Crippen molar-refractivity contribution in [3.63, 3.8) is 0 Å². The van der Waals surface area contributed by atoms with Gasteiger partial charge in [-0.1, -0.05) is 38.8 Å². The van der Waals surface area contributed by atoms with Crippen molar-refractivity contribution in [1.82, 2.24) is 20.4 Å². The fraction of sp³-hybridized carbons (Fsp3) is 0.600. The number of hydrogen-bond acceptors (Lipinski definition) is 7. The van der Waals surface area contributed by atoms with E-state index in [1.54, 1.807) is 24.3 Å². The first-order valence-corrected chi connectivity index (χ1v) is 13.2. The molecule has 2 unspecified atom stereocenters. The first-order chi connectivity index (χ1) is 16.8. The second-order valence-electron chi connectivity index (χ2n) is 8.47. The van der Waals surface area contributed by atoms with Crippen LogP contribution >= 0.6 is 24.4 Å². The minimum Gasteiger partial charge on any atom is -0.452 e. The van der Waals surface area contributed by atoms with Crippen LogP contribution in [0.2, 0.25) is 0 Å². The molecule has 2 rings (SSSR count). The molecule has 0 fully saturated rings. The predicted molar refractivity (Wildman–Crippen MR) is 145 cm³/mol. The number of hydrogen-bond donors (Lipinski definition) is 2. The van der Waals surface area contributed by atoms with Gasteiger partial charge in [-0.15, -0.1) is 0 Å². The third-order valence-electron chi connectivity index (χ3n) is 5.76. The molecular weight excluding hydrogens is 484 g/mol. The van der Waals surface area contributed by atoms with Gasteiger partial charge in [-0.25, -0.2) is 4.90 Å². The molecule has 0 saturated carbocycles. The SMILES string of the molecule is CCCCNC(=S)OC(C)N(CCCN1C(=O)c2ccccc2C1=O)C(C)OC(=S)NCCCC. The Bertz CT molecular complexity index is 818. The lowest BCUT2D eigenvalue weighted by atomic mass is 10.1. The molecule has 10 heteroatoms. The third kappa shape index (κ3) is 8.70. The van der Waals surface area contributed by atoms with Gasteiger partial charge in [0.25, 0.3) is 22.2 Å². The van der Waals surface area contributed by atoms with E-state index >= 15 is 0 Å². The van der Waals surface area contributed by atoms with E-state index < -0.39 is 12.5 Å². The number of unbranched alkanes of at least 4 members (excludes halogenated alkanes) is 2. The Balaban J connectivity index is 1.98. The zero-order valence-corrected chi connectivity index (χ0v) is 22.8. The van der Waals surface area contributed by atoms with Gasteiger partial charge in [0.1, 0.15) is 0 Å². The summed E-state index contributed by atoms with van der Waals surface area (Å²) in [7, 11) is 0. The highest BCUT2D eigenvalue weighted by molar-refractivity contribution is 7.80. The van der Waals surface area contributed by atoms with Gasteiger partial charge in [0.2, 0.25) is 0 Å². The van der Waals surface area contributed by atoms with Crippen molar-refractivity contribution < 1.29 is 19.1 Å². The van der Waals surface area contributed by atoms with E-state index in [1.165, 1.54) is 4.90 Å². The molecule has 194 valence electrons. The van der Waals surface area contributed by atoms with Crippen LogP contribution in [0.1, 0.15) is 80.5 Å². The molecule has 0 spiro atoms. The summed E-state index contributed by atoms with van der Waals surface area (Å²) in [4.78, 5) is 28.6. The molecule has 1 aliphatic heterocycles. The Kier molecular flexibility index (Phi) is 12.4. The fourth-order valence-electron chi connectivity index (χ4n) is 3.78. The monoisotopic (exact) mass is 522 g/mol. The summed E-state index contributed by atoms with van der Waals surface area (Å²) in [6.45, 7) is 10.3. The van der Waals surface area contributed by atoms with Gasteiger partial charge in [-0.2, -0.15) is 0 Å². The van der Waals surface area contributed by atoms with Crippen molar-refractivity contribution in [2.75, 3.05) is 26.2 Å². The second-order valence-corrected chi connectivity index (χ2v) is 9.21. The van der Waals surface area contributed by atoms with E-state index in [1.807, 2.05) is 18.7 Å². The van der Waals surface area contributed by atoms with Crippen LogP contribution in [0.4, 0.5) is 0 Å². The lowest BCUT2D eigenvalue weighted by molar-refractivity contribution is -0.0717. The van der Waals surface area contributed by atoms with E-state index in [2.05, 4.69) is 24.5 Å². The molecule has 2 atom stereocenters. The number of rotatable bonds is 14. The lowest BCUT2D eigenvalue weighted by Gasteiger charge is -2.34. The van der Waals surface area contributed by atoms with E-state index in [4.69, 9.17) is 33.9 Å². The Morgan fingerprint density at radius 3 is 1.77 bits per heavy atom. The van der Waals surface area contributed by atoms with Crippen LogP contribution in [0.25, 0.3) is 0 Å². The molecule has 1 aromatic carbocycles. The largest absolute Gasteiger partial charge is 0.452 e. The van der Waals surface area contributed by atoms with Gasteiger partial charge >= 0.3 is 0 Å². The van der Waals surface area contributed by atoms with Crippen LogP contribution < -0.4 is 10.6 Å². The maximum absolute atomic E-state index is 12.7. The molecule has 8 nitrogen and oxygen atoms in total. The number of thiocarbonyl (C=S) groups is 2. The standard InChI is InChI=1S/C25H38N4O4S2/c1-5-7-14-26-24(34)32-18(3)28(19(4)33-25(35)27-15-8-6-2)16-11-17-29-22(30)20-12-9-10-13-21(20)23(29)31/h9-10,12-13,18-19H,5-8,11,14-17H2,1-4H3,(H,26,34)(H,27,35). The Morgan fingerprint density at radius 1 is 0.886 bits per heavy atom. The van der Waals surface area contributed by atoms with Gasteiger partial charge < -0.3 is 20.1 Å². The molecule has 2 amide bonds. The van der Waals surface area contributed by atoms with Crippen molar-refractivity contribution in [3.8, 4) is 0 Å². The Morgan fingerprint density at radius 2 is 1.34 bits per heavy atom. The Labute approximate surface area is 219 Å². The summed E-state index contributed by atoms with van der Waals surface area (Å²) in [5.74, 6) is -0.512. The van der Waals surface area contributed by atoms with E-state index in [0.29, 0.717) is 41.0 Å². The second kappa shape index (κ2) is 15.0. The average Bonchev–Trinajstić information content (AvgIpc) is 3.06. The van der Waals surface area contributed by atoms with Gasteiger partial charge in [-0.05, 0) is 69.7 Å². The van der Waals surface area contributed by atoms with Gasteiger partial charge in [-0.3, -0.25) is 14.5 Å². The van der Waals surface area contributed by atoms with Crippen LogP contribution in [-0.2, 0) is 9.47 Å². The zero-order valence-electron chi connectivity index (χ0n) is 21.2. The zero-order chi connectivity index (χ0) is 25.8. The molecular formula is C25H38N4O4S2. The molecule has 1 heterocycles. The quantitative estimate of drug-likeness (QED) is 0.163. The van der Waals surface area contributed by atoms with Crippen molar-refractivity contribution in [1.29, 1.82) is 0 Å². The van der Waals surface area contributed by atoms with Crippen LogP contribution in [-0.4, -0.2) is 70.6 Å². The summed E-state index contributed by atoms with van der Waals surface area (Å²) < 4.78 is 11.9. The van der Waals surface area contributed by atoms with Crippen molar-refractivity contribution in [2.24, 2.45) is 0 Å². The van der Waals surface area contributed by atoms with E-state index in [-0.39, 0.29) is 11.8 Å². The van der Waals surface area contributed by atoms with Gasteiger partial charge in [0, 0.05) is 26.2 Å². The molecule has 0 saturated heterocycles. The number of carbonyl (C=O) groups is 2. The van der Waals surface area contributed by atoms with Gasteiger partial charge in [0.15, 0.2) is 12.5 Å². The normalized spacial score (nSPS) is 14.5. The van der Waals surface area contributed by atoms with Crippen molar-refractivity contribution in [2.45, 2.75) is 72.3 Å². The minimum atomic E-state index is -0.410. The predicted octanol–water partition coefficient (Wildman–Crippen LogP) is 4.05. The molecule has 0 bridgehead atoms. The maximum Gasteiger partial charge on any atom is 0.261 e. The summed E-state index contributed by atoms with van der Waals surface area (Å²) in [5, 5.41) is 6.88. The molecule has 0 radical (unpaired) electrons. The third-order valence-corrected chi connectivity index (χ3v) is 6.25. The highest BCUT2D eigenvalue weighted by atomic mass is 32.1. The van der Waals surface area contributed by atoms with E-state index in [9.17, 15) is 9.59 Å². The summed E-state index contributed by atoms with van der Waals surface area (Å²) in [5.41, 5.74) is 0.907. The smallest absolute Gasteiger partial charge is 0.261 e. The topological polar surface area (TPSA) is 83.1 Å². The fourth-order valence-corrected chi connectivity index (χ4v) is 4.26. The van der Waals surface area contributed by atoms with E-state index in [0.717, 1.165) is 38.8 Å². The maximum atomic E-state index is 12.7. The molecule has 2 N–H and O–H groups in total. The summed E-state index contributed by atoms with van der Waals surface area (Å²) in [6, 6.07) is 6.91.